The predicted octanol–water partition coefficient (Wildman–Crippen LogP) is 1.35. The molecule has 0 spiro atoms. The van der Waals surface area contributed by atoms with E-state index >= 15 is 0 Å². The van der Waals surface area contributed by atoms with Crippen molar-refractivity contribution >= 4 is 12.0 Å². The number of ether oxygens (including phenoxy) is 1. The van der Waals surface area contributed by atoms with E-state index in [1.807, 2.05) is 6.92 Å². The first kappa shape index (κ1) is 15.8. The SMILES string of the molecule is CCOC1CC(NC(=O)NCCCC(=O)O)C1(C)C. The Labute approximate surface area is 113 Å². The van der Waals surface area contributed by atoms with Gasteiger partial charge in [-0.3, -0.25) is 4.79 Å². The molecule has 0 radical (unpaired) electrons. The van der Waals surface area contributed by atoms with Crippen LogP contribution >= 0.6 is 0 Å². The van der Waals surface area contributed by atoms with Crippen LogP contribution < -0.4 is 10.6 Å². The van der Waals surface area contributed by atoms with Gasteiger partial charge < -0.3 is 20.5 Å². The lowest BCUT2D eigenvalue weighted by atomic mass is 9.64. The van der Waals surface area contributed by atoms with E-state index in [0.29, 0.717) is 19.6 Å². The minimum atomic E-state index is -0.845. The number of hydrogen-bond acceptors (Lipinski definition) is 3. The summed E-state index contributed by atoms with van der Waals surface area (Å²) in [6.07, 6.45) is 1.53. The van der Waals surface area contributed by atoms with Gasteiger partial charge in [-0.1, -0.05) is 13.8 Å². The Morgan fingerprint density at radius 1 is 1.42 bits per heavy atom. The van der Waals surface area contributed by atoms with Gasteiger partial charge in [-0.15, -0.1) is 0 Å². The molecule has 1 aliphatic rings. The molecule has 0 bridgehead atoms. The molecule has 6 nitrogen and oxygen atoms in total. The van der Waals surface area contributed by atoms with E-state index in [9.17, 15) is 9.59 Å². The second-order valence-corrected chi connectivity index (χ2v) is 5.45. The number of amides is 2. The molecule has 1 saturated carbocycles. The van der Waals surface area contributed by atoms with Gasteiger partial charge in [0.15, 0.2) is 0 Å². The summed E-state index contributed by atoms with van der Waals surface area (Å²) in [7, 11) is 0. The molecule has 2 atom stereocenters. The number of carbonyl (C=O) groups excluding carboxylic acids is 1. The number of aliphatic carboxylic acids is 1. The normalized spacial score (nSPS) is 24.4. The molecular weight excluding hydrogens is 248 g/mol. The van der Waals surface area contributed by atoms with Gasteiger partial charge in [0, 0.05) is 31.0 Å². The van der Waals surface area contributed by atoms with E-state index in [1.54, 1.807) is 0 Å². The van der Waals surface area contributed by atoms with Crippen molar-refractivity contribution in [3.8, 4) is 0 Å². The number of carboxylic acid groups (broad SMARTS) is 1. The number of carboxylic acids is 1. The molecule has 0 aromatic carbocycles. The standard InChI is InChI=1S/C13H24N2O4/c1-4-19-10-8-9(13(10,2)3)15-12(18)14-7-5-6-11(16)17/h9-10H,4-8H2,1-3H3,(H,16,17)(H2,14,15,18). The average molecular weight is 272 g/mol. The number of hydrogen-bond donors (Lipinski definition) is 3. The van der Waals surface area contributed by atoms with Crippen LogP contribution in [0.15, 0.2) is 0 Å². The lowest BCUT2D eigenvalue weighted by molar-refractivity contribution is -0.137. The van der Waals surface area contributed by atoms with Crippen molar-refractivity contribution < 1.29 is 19.4 Å². The molecule has 1 fully saturated rings. The highest BCUT2D eigenvalue weighted by Gasteiger charge is 2.49. The number of rotatable bonds is 7. The highest BCUT2D eigenvalue weighted by molar-refractivity contribution is 5.74. The van der Waals surface area contributed by atoms with Crippen LogP contribution in [-0.2, 0) is 9.53 Å². The van der Waals surface area contributed by atoms with Gasteiger partial charge in [-0.05, 0) is 19.8 Å². The van der Waals surface area contributed by atoms with Crippen molar-refractivity contribution in [1.29, 1.82) is 0 Å². The fourth-order valence-corrected chi connectivity index (χ4v) is 2.27. The Kier molecular flexibility index (Phi) is 5.60. The maximum atomic E-state index is 11.6. The van der Waals surface area contributed by atoms with E-state index in [1.165, 1.54) is 0 Å². The molecule has 0 aromatic rings. The van der Waals surface area contributed by atoms with Crippen LogP contribution in [0.4, 0.5) is 4.79 Å². The fourth-order valence-electron chi connectivity index (χ4n) is 2.27. The summed E-state index contributed by atoms with van der Waals surface area (Å²) in [6, 6.07) is -0.137. The molecule has 110 valence electrons. The van der Waals surface area contributed by atoms with Crippen LogP contribution in [-0.4, -0.2) is 42.4 Å². The van der Waals surface area contributed by atoms with Gasteiger partial charge in [0.05, 0.1) is 6.10 Å². The molecule has 0 saturated heterocycles. The Morgan fingerprint density at radius 3 is 2.63 bits per heavy atom. The molecule has 2 amide bonds. The minimum Gasteiger partial charge on any atom is -0.481 e. The van der Waals surface area contributed by atoms with Crippen LogP contribution in [0.3, 0.4) is 0 Å². The zero-order chi connectivity index (χ0) is 14.5. The quantitative estimate of drug-likeness (QED) is 0.610. The van der Waals surface area contributed by atoms with Crippen molar-refractivity contribution in [2.75, 3.05) is 13.2 Å². The van der Waals surface area contributed by atoms with Crippen molar-refractivity contribution in [1.82, 2.24) is 10.6 Å². The van der Waals surface area contributed by atoms with Gasteiger partial charge in [-0.2, -0.15) is 0 Å². The van der Waals surface area contributed by atoms with Crippen LogP contribution in [0.1, 0.15) is 40.0 Å². The second kappa shape index (κ2) is 6.75. The van der Waals surface area contributed by atoms with Gasteiger partial charge in [0.1, 0.15) is 0 Å². The van der Waals surface area contributed by atoms with Crippen molar-refractivity contribution in [3.05, 3.63) is 0 Å². The van der Waals surface area contributed by atoms with E-state index in [0.717, 1.165) is 6.42 Å². The van der Waals surface area contributed by atoms with Gasteiger partial charge >= 0.3 is 12.0 Å². The van der Waals surface area contributed by atoms with Gasteiger partial charge in [-0.25, -0.2) is 4.79 Å². The molecule has 1 aliphatic carbocycles. The smallest absolute Gasteiger partial charge is 0.315 e. The molecular formula is C13H24N2O4. The first-order valence-electron chi connectivity index (χ1n) is 6.75. The summed E-state index contributed by atoms with van der Waals surface area (Å²) in [5.41, 5.74) is -0.0611. The molecule has 2 unspecified atom stereocenters. The third kappa shape index (κ3) is 4.38. The van der Waals surface area contributed by atoms with Crippen molar-refractivity contribution in [3.63, 3.8) is 0 Å². The van der Waals surface area contributed by atoms with Crippen molar-refractivity contribution in [2.24, 2.45) is 5.41 Å². The number of nitrogens with one attached hydrogen (secondary N) is 2. The summed E-state index contributed by atoms with van der Waals surface area (Å²) >= 11 is 0. The maximum Gasteiger partial charge on any atom is 0.315 e. The summed E-state index contributed by atoms with van der Waals surface area (Å²) in [5, 5.41) is 14.1. The van der Waals surface area contributed by atoms with E-state index < -0.39 is 5.97 Å². The van der Waals surface area contributed by atoms with E-state index in [4.69, 9.17) is 9.84 Å². The third-order valence-corrected chi connectivity index (χ3v) is 3.70. The highest BCUT2D eigenvalue weighted by atomic mass is 16.5. The first-order chi connectivity index (χ1) is 8.87. The summed E-state index contributed by atoms with van der Waals surface area (Å²) in [4.78, 5) is 22.0. The monoisotopic (exact) mass is 272 g/mol. The molecule has 0 aromatic heterocycles. The molecule has 3 N–H and O–H groups in total. The summed E-state index contributed by atoms with van der Waals surface area (Å²) in [5.74, 6) is -0.845. The van der Waals surface area contributed by atoms with Crippen LogP contribution in [0.5, 0.6) is 0 Å². The molecule has 0 aliphatic heterocycles. The topological polar surface area (TPSA) is 87.7 Å². The van der Waals surface area contributed by atoms with Gasteiger partial charge in [0.25, 0.3) is 0 Å². The Hall–Kier alpha value is -1.30. The van der Waals surface area contributed by atoms with Gasteiger partial charge in [0.2, 0.25) is 0 Å². The predicted molar refractivity (Wildman–Crippen MR) is 71.0 cm³/mol. The summed E-state index contributed by atoms with van der Waals surface area (Å²) < 4.78 is 5.59. The number of carbonyl (C=O) groups is 2. The Bertz CT molecular complexity index is 331. The highest BCUT2D eigenvalue weighted by Crippen LogP contribution is 2.42. The van der Waals surface area contributed by atoms with Crippen LogP contribution in [0.25, 0.3) is 0 Å². The lowest BCUT2D eigenvalue weighted by Gasteiger charge is -2.51. The average Bonchev–Trinajstić information content (AvgIpc) is 2.33. The first-order valence-corrected chi connectivity index (χ1v) is 6.75. The van der Waals surface area contributed by atoms with Crippen molar-refractivity contribution in [2.45, 2.75) is 52.2 Å². The Morgan fingerprint density at radius 2 is 2.11 bits per heavy atom. The zero-order valence-electron chi connectivity index (χ0n) is 11.9. The minimum absolute atomic E-state index is 0.0611. The van der Waals surface area contributed by atoms with E-state index in [2.05, 4.69) is 24.5 Å². The number of urea groups is 1. The van der Waals surface area contributed by atoms with E-state index in [-0.39, 0.29) is 30.0 Å². The summed E-state index contributed by atoms with van der Waals surface area (Å²) in [6.45, 7) is 7.17. The molecule has 1 rings (SSSR count). The van der Waals surface area contributed by atoms with Crippen LogP contribution in [0, 0.1) is 5.41 Å². The maximum absolute atomic E-state index is 11.6. The second-order valence-electron chi connectivity index (χ2n) is 5.45. The largest absolute Gasteiger partial charge is 0.481 e. The fraction of sp³-hybridized carbons (Fsp3) is 0.846. The molecule has 19 heavy (non-hydrogen) atoms. The zero-order valence-corrected chi connectivity index (χ0v) is 11.9. The third-order valence-electron chi connectivity index (χ3n) is 3.70. The lowest BCUT2D eigenvalue weighted by Crippen LogP contribution is -2.63. The Balaban J connectivity index is 2.21. The molecule has 0 heterocycles. The van der Waals surface area contributed by atoms with Crippen LogP contribution in [0.2, 0.25) is 0 Å². The molecule has 6 heteroatoms.